The first kappa shape index (κ1) is 16.3. The second kappa shape index (κ2) is 8.31. The van der Waals surface area contributed by atoms with Crippen LogP contribution in [0.3, 0.4) is 0 Å². The molecule has 0 bridgehead atoms. The van der Waals surface area contributed by atoms with E-state index in [9.17, 15) is 4.79 Å². The highest BCUT2D eigenvalue weighted by Crippen LogP contribution is 2.20. The molecule has 2 aliphatic rings. The van der Waals surface area contributed by atoms with Gasteiger partial charge in [0.25, 0.3) is 0 Å². The highest BCUT2D eigenvalue weighted by Gasteiger charge is 2.29. The molecule has 2 saturated heterocycles. The molecule has 5 nitrogen and oxygen atoms in total. The molecule has 1 amide bonds. The number of amides is 1. The fraction of sp³-hybridized carbons (Fsp3) is 0.611. The van der Waals surface area contributed by atoms with Crippen LogP contribution in [-0.2, 0) is 9.53 Å². The largest absolute Gasteiger partial charge is 0.492 e. The van der Waals surface area contributed by atoms with Crippen molar-refractivity contribution in [3.63, 3.8) is 0 Å². The molecule has 0 spiro atoms. The topological polar surface area (TPSA) is 42.0 Å². The van der Waals surface area contributed by atoms with Gasteiger partial charge in [-0.3, -0.25) is 9.69 Å². The SMILES string of the molecule is O=C(C1CCN(CCOc2ccccc2)CC1)N1CCOCC1. The number of para-hydroxylation sites is 1. The molecule has 0 saturated carbocycles. The van der Waals surface area contributed by atoms with Gasteiger partial charge in [0.1, 0.15) is 12.4 Å². The van der Waals surface area contributed by atoms with Gasteiger partial charge in [-0.15, -0.1) is 0 Å². The van der Waals surface area contributed by atoms with Crippen LogP contribution in [0.25, 0.3) is 0 Å². The van der Waals surface area contributed by atoms with Gasteiger partial charge in [0, 0.05) is 25.6 Å². The van der Waals surface area contributed by atoms with Crippen LogP contribution in [0, 0.1) is 5.92 Å². The van der Waals surface area contributed by atoms with E-state index >= 15 is 0 Å². The average molecular weight is 318 g/mol. The standard InChI is InChI=1S/C18H26N2O3/c21-18(20-11-13-22-14-12-20)16-6-8-19(9-7-16)10-15-23-17-4-2-1-3-5-17/h1-5,16H,6-15H2. The number of carbonyl (C=O) groups excluding carboxylic acids is 1. The third kappa shape index (κ3) is 4.69. The quantitative estimate of drug-likeness (QED) is 0.828. The molecule has 0 N–H and O–H groups in total. The molecule has 1 aromatic carbocycles. The van der Waals surface area contributed by atoms with Gasteiger partial charge >= 0.3 is 0 Å². The number of morpholine rings is 1. The second-order valence-electron chi connectivity index (χ2n) is 6.22. The summed E-state index contributed by atoms with van der Waals surface area (Å²) in [5.41, 5.74) is 0. The first-order chi connectivity index (χ1) is 11.3. The second-order valence-corrected chi connectivity index (χ2v) is 6.22. The normalized spacial score (nSPS) is 20.4. The Balaban J connectivity index is 1.36. The van der Waals surface area contributed by atoms with Crippen LogP contribution in [0.2, 0.25) is 0 Å². The molecule has 2 fully saturated rings. The lowest BCUT2D eigenvalue weighted by Crippen LogP contribution is -2.47. The van der Waals surface area contributed by atoms with E-state index in [1.807, 2.05) is 35.2 Å². The van der Waals surface area contributed by atoms with E-state index < -0.39 is 0 Å². The summed E-state index contributed by atoms with van der Waals surface area (Å²) < 4.78 is 11.1. The molecular weight excluding hydrogens is 292 g/mol. The van der Waals surface area contributed by atoms with Crippen LogP contribution in [-0.4, -0.2) is 68.3 Å². The van der Waals surface area contributed by atoms with Crippen molar-refractivity contribution in [1.82, 2.24) is 9.80 Å². The number of nitrogens with zero attached hydrogens (tertiary/aromatic N) is 2. The maximum Gasteiger partial charge on any atom is 0.225 e. The van der Waals surface area contributed by atoms with Crippen molar-refractivity contribution in [1.29, 1.82) is 0 Å². The summed E-state index contributed by atoms with van der Waals surface area (Å²) in [7, 11) is 0. The predicted molar refractivity (Wildman–Crippen MR) is 88.5 cm³/mol. The molecule has 2 heterocycles. The molecule has 0 atom stereocenters. The van der Waals surface area contributed by atoms with Crippen molar-refractivity contribution in [2.75, 3.05) is 52.5 Å². The van der Waals surface area contributed by atoms with Gasteiger partial charge in [-0.05, 0) is 38.1 Å². The average Bonchev–Trinajstić information content (AvgIpc) is 2.63. The summed E-state index contributed by atoms with van der Waals surface area (Å²) >= 11 is 0. The first-order valence-corrected chi connectivity index (χ1v) is 8.59. The Labute approximate surface area is 138 Å². The van der Waals surface area contributed by atoms with Crippen LogP contribution in [0.4, 0.5) is 0 Å². The zero-order chi connectivity index (χ0) is 15.9. The molecule has 5 heteroatoms. The number of likely N-dealkylation sites (tertiary alicyclic amines) is 1. The highest BCUT2D eigenvalue weighted by molar-refractivity contribution is 5.79. The van der Waals surface area contributed by atoms with Crippen molar-refractivity contribution in [3.05, 3.63) is 30.3 Å². The van der Waals surface area contributed by atoms with Crippen LogP contribution in [0.1, 0.15) is 12.8 Å². The minimum Gasteiger partial charge on any atom is -0.492 e. The van der Waals surface area contributed by atoms with E-state index in [1.54, 1.807) is 0 Å². The van der Waals surface area contributed by atoms with Gasteiger partial charge in [-0.1, -0.05) is 18.2 Å². The van der Waals surface area contributed by atoms with Gasteiger partial charge in [-0.25, -0.2) is 0 Å². The van der Waals surface area contributed by atoms with Crippen LogP contribution in [0.5, 0.6) is 5.75 Å². The minimum absolute atomic E-state index is 0.194. The van der Waals surface area contributed by atoms with Crippen LogP contribution < -0.4 is 4.74 Å². The minimum atomic E-state index is 0.194. The first-order valence-electron chi connectivity index (χ1n) is 8.59. The maximum atomic E-state index is 12.5. The van der Waals surface area contributed by atoms with Crippen molar-refractivity contribution < 1.29 is 14.3 Å². The third-order valence-corrected chi connectivity index (χ3v) is 4.68. The van der Waals surface area contributed by atoms with Gasteiger partial charge in [-0.2, -0.15) is 0 Å². The molecule has 0 unspecified atom stereocenters. The van der Waals surface area contributed by atoms with Crippen molar-refractivity contribution in [2.24, 2.45) is 5.92 Å². The third-order valence-electron chi connectivity index (χ3n) is 4.68. The van der Waals surface area contributed by atoms with Crippen molar-refractivity contribution in [2.45, 2.75) is 12.8 Å². The molecular formula is C18H26N2O3. The van der Waals surface area contributed by atoms with Gasteiger partial charge in [0.15, 0.2) is 0 Å². The Hall–Kier alpha value is -1.59. The van der Waals surface area contributed by atoms with Crippen molar-refractivity contribution >= 4 is 5.91 Å². The maximum absolute atomic E-state index is 12.5. The smallest absolute Gasteiger partial charge is 0.225 e. The highest BCUT2D eigenvalue weighted by atomic mass is 16.5. The predicted octanol–water partition coefficient (Wildman–Crippen LogP) is 1.64. The molecule has 126 valence electrons. The number of hydrogen-bond acceptors (Lipinski definition) is 4. The Bertz CT molecular complexity index is 480. The van der Waals surface area contributed by atoms with E-state index in [0.29, 0.717) is 25.7 Å². The fourth-order valence-corrected chi connectivity index (χ4v) is 3.25. The zero-order valence-electron chi connectivity index (χ0n) is 13.7. The number of piperidine rings is 1. The number of rotatable bonds is 5. The number of hydrogen-bond donors (Lipinski definition) is 0. The summed E-state index contributed by atoms with van der Waals surface area (Å²) in [6, 6.07) is 9.92. The fourth-order valence-electron chi connectivity index (χ4n) is 3.25. The summed E-state index contributed by atoms with van der Waals surface area (Å²) in [5, 5.41) is 0. The number of carbonyl (C=O) groups is 1. The molecule has 0 aromatic heterocycles. The Morgan fingerprint density at radius 1 is 1.09 bits per heavy atom. The summed E-state index contributed by atoms with van der Waals surface area (Å²) in [6.07, 6.45) is 1.92. The lowest BCUT2D eigenvalue weighted by Gasteiger charge is -2.35. The molecule has 2 aliphatic heterocycles. The van der Waals surface area contributed by atoms with E-state index in [-0.39, 0.29) is 5.92 Å². The summed E-state index contributed by atoms with van der Waals surface area (Å²) in [5.74, 6) is 1.44. The Morgan fingerprint density at radius 3 is 2.48 bits per heavy atom. The molecule has 0 radical (unpaired) electrons. The Morgan fingerprint density at radius 2 is 1.78 bits per heavy atom. The van der Waals surface area contributed by atoms with E-state index in [4.69, 9.17) is 9.47 Å². The van der Waals surface area contributed by atoms with Crippen LogP contribution in [0.15, 0.2) is 30.3 Å². The number of benzene rings is 1. The lowest BCUT2D eigenvalue weighted by atomic mass is 9.95. The lowest BCUT2D eigenvalue weighted by molar-refractivity contribution is -0.141. The van der Waals surface area contributed by atoms with Gasteiger partial charge in [0.2, 0.25) is 5.91 Å². The summed E-state index contributed by atoms with van der Waals surface area (Å²) in [6.45, 7) is 6.47. The van der Waals surface area contributed by atoms with Gasteiger partial charge < -0.3 is 14.4 Å². The Kier molecular flexibility index (Phi) is 5.88. The van der Waals surface area contributed by atoms with E-state index in [1.165, 1.54) is 0 Å². The molecule has 0 aliphatic carbocycles. The molecule has 1 aromatic rings. The van der Waals surface area contributed by atoms with Gasteiger partial charge in [0.05, 0.1) is 13.2 Å². The van der Waals surface area contributed by atoms with E-state index in [2.05, 4.69) is 4.90 Å². The van der Waals surface area contributed by atoms with E-state index in [0.717, 1.165) is 51.3 Å². The molecule has 3 rings (SSSR count). The van der Waals surface area contributed by atoms with Crippen molar-refractivity contribution in [3.8, 4) is 5.75 Å². The zero-order valence-corrected chi connectivity index (χ0v) is 13.7. The molecule has 23 heavy (non-hydrogen) atoms. The summed E-state index contributed by atoms with van der Waals surface area (Å²) in [4.78, 5) is 16.9. The monoisotopic (exact) mass is 318 g/mol. The number of ether oxygens (including phenoxy) is 2. The van der Waals surface area contributed by atoms with Crippen LogP contribution >= 0.6 is 0 Å².